The third-order valence-corrected chi connectivity index (χ3v) is 3.14. The molecule has 0 bridgehead atoms. The minimum atomic E-state index is 0. The van der Waals surface area contributed by atoms with Crippen molar-refractivity contribution >= 4 is 0 Å². The summed E-state index contributed by atoms with van der Waals surface area (Å²) in [6, 6.07) is 0. The molecule has 0 aromatic rings. The van der Waals surface area contributed by atoms with Gasteiger partial charge in [-0.25, -0.2) is 5.57 Å². The standard InChI is InChI=1S/C10H15.2C4H8.Ir/c1-7-6-10(4,5)9(3)8(7)2;2*1-3-4-2;/h1-5H3;2*3H,1,4H2,2H3;/q-1;;;. The van der Waals surface area contributed by atoms with Gasteiger partial charge in [-0.3, -0.25) is 6.08 Å². The molecule has 1 aliphatic carbocycles. The van der Waals surface area contributed by atoms with Gasteiger partial charge in [0, 0.05) is 20.1 Å². The molecule has 0 aromatic carbocycles. The summed E-state index contributed by atoms with van der Waals surface area (Å²) in [5.41, 5.74) is 4.39. The first-order valence-corrected chi connectivity index (χ1v) is 6.80. The summed E-state index contributed by atoms with van der Waals surface area (Å²) in [6.45, 7) is 22.0. The fraction of sp³-hybridized carbons (Fsp3) is 0.556. The number of hydrogen-bond acceptors (Lipinski definition) is 0. The van der Waals surface area contributed by atoms with Crippen molar-refractivity contribution in [1.82, 2.24) is 0 Å². The predicted molar refractivity (Wildman–Crippen MR) is 85.6 cm³/mol. The molecule has 113 valence electrons. The first-order chi connectivity index (χ1) is 8.28. The maximum atomic E-state index is 3.48. The molecule has 0 aliphatic heterocycles. The Bertz CT molecular complexity index is 309. The van der Waals surface area contributed by atoms with Crippen molar-refractivity contribution in [2.45, 2.75) is 61.3 Å². The Labute approximate surface area is 135 Å². The Balaban J connectivity index is -0.000000242. The van der Waals surface area contributed by atoms with Crippen LogP contribution in [0, 0.1) is 11.5 Å². The molecule has 1 rings (SSSR count). The van der Waals surface area contributed by atoms with E-state index in [0.29, 0.717) is 0 Å². The van der Waals surface area contributed by atoms with E-state index in [9.17, 15) is 0 Å². The van der Waals surface area contributed by atoms with Gasteiger partial charge in [0.05, 0.1) is 0 Å². The van der Waals surface area contributed by atoms with Gasteiger partial charge in [-0.15, -0.1) is 20.1 Å². The van der Waals surface area contributed by atoms with E-state index in [0.717, 1.165) is 12.8 Å². The Kier molecular flexibility index (Phi) is 15.7. The van der Waals surface area contributed by atoms with E-state index >= 15 is 0 Å². The van der Waals surface area contributed by atoms with Gasteiger partial charge < -0.3 is 0 Å². The molecule has 0 nitrogen and oxygen atoms in total. The summed E-state index contributed by atoms with van der Waals surface area (Å²) in [6.07, 6.45) is 9.35. The van der Waals surface area contributed by atoms with Crippen LogP contribution in [0.4, 0.5) is 0 Å². The van der Waals surface area contributed by atoms with Crippen LogP contribution in [-0.4, -0.2) is 0 Å². The summed E-state index contributed by atoms with van der Waals surface area (Å²) in [5, 5.41) is 0. The number of allylic oxidation sites excluding steroid dienone is 6. The molecule has 1 heteroatoms. The molecule has 0 aromatic heterocycles. The topological polar surface area (TPSA) is 0 Å². The summed E-state index contributed by atoms with van der Waals surface area (Å²) in [4.78, 5) is 0. The molecule has 0 saturated heterocycles. The smallest absolute Gasteiger partial charge is 0 e. The van der Waals surface area contributed by atoms with Crippen LogP contribution >= 0.6 is 0 Å². The second-order valence-corrected chi connectivity index (χ2v) is 5.02. The fourth-order valence-corrected chi connectivity index (χ4v) is 1.41. The van der Waals surface area contributed by atoms with E-state index in [4.69, 9.17) is 0 Å². The van der Waals surface area contributed by atoms with Gasteiger partial charge in [-0.1, -0.05) is 59.1 Å². The van der Waals surface area contributed by atoms with Crippen molar-refractivity contribution < 1.29 is 20.1 Å². The van der Waals surface area contributed by atoms with Gasteiger partial charge in [0.1, 0.15) is 0 Å². The van der Waals surface area contributed by atoms with Crippen molar-refractivity contribution in [2.24, 2.45) is 5.41 Å². The molecular formula is C18H31Ir-. The van der Waals surface area contributed by atoms with Gasteiger partial charge in [0.15, 0.2) is 0 Å². The second-order valence-electron chi connectivity index (χ2n) is 5.02. The Hall–Kier alpha value is -0.391. The third kappa shape index (κ3) is 10.1. The summed E-state index contributed by atoms with van der Waals surface area (Å²) < 4.78 is 0. The van der Waals surface area contributed by atoms with Crippen molar-refractivity contribution in [2.75, 3.05) is 0 Å². The summed E-state index contributed by atoms with van der Waals surface area (Å²) in [7, 11) is 0. The van der Waals surface area contributed by atoms with E-state index in [1.165, 1.54) is 16.7 Å². The van der Waals surface area contributed by atoms with E-state index in [2.05, 4.69) is 67.7 Å². The largest absolute Gasteiger partial charge is 0.263 e. The summed E-state index contributed by atoms with van der Waals surface area (Å²) >= 11 is 0. The molecule has 0 N–H and O–H groups in total. The normalized spacial score (nSPS) is 15.0. The molecule has 0 unspecified atom stereocenters. The fourth-order valence-electron chi connectivity index (χ4n) is 1.41. The summed E-state index contributed by atoms with van der Waals surface area (Å²) in [5.74, 6) is 0. The van der Waals surface area contributed by atoms with Gasteiger partial charge >= 0.3 is 0 Å². The molecule has 0 saturated carbocycles. The first kappa shape index (κ1) is 23.7. The maximum absolute atomic E-state index is 3.48. The molecule has 0 spiro atoms. The van der Waals surface area contributed by atoms with Crippen molar-refractivity contribution in [3.63, 3.8) is 0 Å². The van der Waals surface area contributed by atoms with E-state index in [1.54, 1.807) is 0 Å². The number of rotatable bonds is 2. The Morgan fingerprint density at radius 1 is 1.00 bits per heavy atom. The second kappa shape index (κ2) is 12.6. The third-order valence-electron chi connectivity index (χ3n) is 3.14. The Morgan fingerprint density at radius 2 is 1.32 bits per heavy atom. The molecule has 19 heavy (non-hydrogen) atoms. The van der Waals surface area contributed by atoms with Gasteiger partial charge in [-0.05, 0) is 12.8 Å². The van der Waals surface area contributed by atoms with Crippen LogP contribution in [0.2, 0.25) is 0 Å². The average Bonchev–Trinajstić information content (AvgIpc) is 2.53. The van der Waals surface area contributed by atoms with E-state index in [1.807, 2.05) is 12.2 Å². The minimum Gasteiger partial charge on any atom is -0.263 e. The Morgan fingerprint density at radius 3 is 1.37 bits per heavy atom. The molecule has 0 heterocycles. The molecule has 0 atom stereocenters. The van der Waals surface area contributed by atoms with Crippen molar-refractivity contribution in [3.05, 3.63) is 48.1 Å². The monoisotopic (exact) mass is 440 g/mol. The molecular weight excluding hydrogens is 408 g/mol. The molecule has 0 amide bonds. The minimum absolute atomic E-state index is 0. The van der Waals surface area contributed by atoms with Crippen molar-refractivity contribution in [3.8, 4) is 0 Å². The van der Waals surface area contributed by atoms with Crippen LogP contribution < -0.4 is 0 Å². The average molecular weight is 440 g/mol. The zero-order valence-electron chi connectivity index (χ0n) is 13.8. The first-order valence-electron chi connectivity index (χ1n) is 6.80. The predicted octanol–water partition coefficient (Wildman–Crippen LogP) is 6.27. The number of hydrogen-bond donors (Lipinski definition) is 0. The maximum Gasteiger partial charge on any atom is 0 e. The van der Waals surface area contributed by atoms with Gasteiger partial charge in [0.25, 0.3) is 0 Å². The molecule has 1 aliphatic rings. The molecule has 1 radical (unpaired) electrons. The van der Waals surface area contributed by atoms with Crippen LogP contribution in [0.5, 0.6) is 0 Å². The zero-order chi connectivity index (χ0) is 14.8. The quantitative estimate of drug-likeness (QED) is 0.351. The van der Waals surface area contributed by atoms with Gasteiger partial charge in [0.2, 0.25) is 0 Å². The van der Waals surface area contributed by atoms with E-state index in [-0.39, 0.29) is 25.5 Å². The van der Waals surface area contributed by atoms with Crippen LogP contribution in [0.25, 0.3) is 0 Å². The SMILES string of the molecule is C=CCC.C=CCC.CC1=[C-]C(C)(C)C(C)=C1C.[Ir]. The van der Waals surface area contributed by atoms with Crippen LogP contribution in [-0.2, 0) is 20.1 Å². The van der Waals surface area contributed by atoms with Crippen LogP contribution in [0.1, 0.15) is 61.3 Å². The van der Waals surface area contributed by atoms with Crippen molar-refractivity contribution in [1.29, 1.82) is 0 Å². The van der Waals surface area contributed by atoms with E-state index < -0.39 is 0 Å². The zero-order valence-corrected chi connectivity index (χ0v) is 16.2. The molecule has 0 fully saturated rings. The van der Waals surface area contributed by atoms with Crippen LogP contribution in [0.3, 0.4) is 0 Å². The van der Waals surface area contributed by atoms with Gasteiger partial charge in [-0.2, -0.15) is 11.1 Å². The van der Waals surface area contributed by atoms with Crippen LogP contribution in [0.15, 0.2) is 42.0 Å².